The van der Waals surface area contributed by atoms with Gasteiger partial charge in [0.1, 0.15) is 5.75 Å². The van der Waals surface area contributed by atoms with Gasteiger partial charge < -0.3 is 15.0 Å². The molecule has 1 heterocycles. The van der Waals surface area contributed by atoms with Gasteiger partial charge in [0, 0.05) is 18.8 Å². The smallest absolute Gasteiger partial charge is 0.258 e. The molecule has 4 nitrogen and oxygen atoms in total. The average molecular weight is 352 g/mol. The molecule has 0 radical (unpaired) electrons. The standard InChI is InChI=1S/C22H28N2O2/c1-17-7-6-14-24(15-17)20-12-10-19(11-13-20)18(2)23-22(25)16-26-21-8-4-3-5-9-21/h3-5,8-13,17-18H,6-7,14-16H2,1-2H3,(H,23,25)/t17-,18-/m1/s1. The van der Waals surface area contributed by atoms with Gasteiger partial charge in [-0.15, -0.1) is 0 Å². The number of piperidine rings is 1. The molecule has 1 amide bonds. The van der Waals surface area contributed by atoms with Crippen molar-refractivity contribution in [2.75, 3.05) is 24.6 Å². The summed E-state index contributed by atoms with van der Waals surface area (Å²) in [6.07, 6.45) is 2.58. The predicted octanol–water partition coefficient (Wildman–Crippen LogP) is 4.18. The molecule has 0 unspecified atom stereocenters. The second-order valence-electron chi connectivity index (χ2n) is 7.18. The van der Waals surface area contributed by atoms with Gasteiger partial charge in [-0.25, -0.2) is 0 Å². The lowest BCUT2D eigenvalue weighted by atomic mass is 9.99. The first-order valence-corrected chi connectivity index (χ1v) is 9.44. The van der Waals surface area contributed by atoms with E-state index in [9.17, 15) is 4.79 Å². The number of carbonyl (C=O) groups excluding carboxylic acids is 1. The molecule has 1 aliphatic heterocycles. The normalized spacial score (nSPS) is 18.2. The number of nitrogens with zero attached hydrogens (tertiary/aromatic N) is 1. The minimum atomic E-state index is -0.115. The minimum absolute atomic E-state index is 0.0259. The summed E-state index contributed by atoms with van der Waals surface area (Å²) in [5.41, 5.74) is 2.37. The van der Waals surface area contributed by atoms with Crippen LogP contribution in [-0.4, -0.2) is 25.6 Å². The zero-order chi connectivity index (χ0) is 18.4. The van der Waals surface area contributed by atoms with Gasteiger partial charge in [0.05, 0.1) is 6.04 Å². The molecular weight excluding hydrogens is 324 g/mol. The fourth-order valence-corrected chi connectivity index (χ4v) is 3.43. The second-order valence-corrected chi connectivity index (χ2v) is 7.18. The fraction of sp³-hybridized carbons (Fsp3) is 0.409. The molecule has 0 aliphatic carbocycles. The molecule has 1 aliphatic rings. The summed E-state index contributed by atoms with van der Waals surface area (Å²) >= 11 is 0. The maximum atomic E-state index is 12.1. The van der Waals surface area contributed by atoms with Gasteiger partial charge >= 0.3 is 0 Å². The number of hydrogen-bond donors (Lipinski definition) is 1. The van der Waals surface area contributed by atoms with Crippen LogP contribution in [0.4, 0.5) is 5.69 Å². The number of ether oxygens (including phenoxy) is 1. The number of anilines is 1. The summed E-state index contributed by atoms with van der Waals surface area (Å²) in [6, 6.07) is 17.9. The zero-order valence-corrected chi connectivity index (χ0v) is 15.7. The van der Waals surface area contributed by atoms with Gasteiger partial charge in [-0.1, -0.05) is 37.3 Å². The lowest BCUT2D eigenvalue weighted by Crippen LogP contribution is -2.34. The van der Waals surface area contributed by atoms with Crippen LogP contribution in [0.15, 0.2) is 54.6 Å². The van der Waals surface area contributed by atoms with Crippen molar-refractivity contribution >= 4 is 11.6 Å². The minimum Gasteiger partial charge on any atom is -0.484 e. The molecule has 4 heteroatoms. The molecule has 2 aromatic rings. The van der Waals surface area contributed by atoms with E-state index >= 15 is 0 Å². The molecule has 26 heavy (non-hydrogen) atoms. The third-order valence-corrected chi connectivity index (χ3v) is 4.91. The monoisotopic (exact) mass is 352 g/mol. The Kier molecular flexibility index (Phi) is 6.16. The van der Waals surface area contributed by atoms with E-state index in [1.165, 1.54) is 18.5 Å². The number of benzene rings is 2. The summed E-state index contributed by atoms with van der Waals surface area (Å²) in [5.74, 6) is 1.34. The molecule has 0 spiro atoms. The summed E-state index contributed by atoms with van der Waals surface area (Å²) < 4.78 is 5.49. The third-order valence-electron chi connectivity index (χ3n) is 4.91. The highest BCUT2D eigenvalue weighted by Gasteiger charge is 2.17. The van der Waals surface area contributed by atoms with Crippen molar-refractivity contribution in [3.63, 3.8) is 0 Å². The van der Waals surface area contributed by atoms with Gasteiger partial charge in [-0.2, -0.15) is 0 Å². The largest absolute Gasteiger partial charge is 0.484 e. The van der Waals surface area contributed by atoms with E-state index in [4.69, 9.17) is 4.74 Å². The maximum absolute atomic E-state index is 12.1. The molecular formula is C22H28N2O2. The van der Waals surface area contributed by atoms with Gasteiger partial charge in [-0.05, 0) is 55.5 Å². The maximum Gasteiger partial charge on any atom is 0.258 e. The van der Waals surface area contributed by atoms with Crippen LogP contribution in [0.3, 0.4) is 0 Å². The van der Waals surface area contributed by atoms with Crippen molar-refractivity contribution in [2.24, 2.45) is 5.92 Å². The number of rotatable bonds is 6. The van der Waals surface area contributed by atoms with Crippen molar-refractivity contribution < 1.29 is 9.53 Å². The number of hydrogen-bond acceptors (Lipinski definition) is 3. The Bertz CT molecular complexity index is 700. The zero-order valence-electron chi connectivity index (χ0n) is 15.7. The van der Waals surface area contributed by atoms with E-state index in [2.05, 4.69) is 41.4 Å². The molecule has 3 rings (SSSR count). The number of para-hydroxylation sites is 1. The quantitative estimate of drug-likeness (QED) is 0.848. The van der Waals surface area contributed by atoms with Crippen LogP contribution in [0.2, 0.25) is 0 Å². The van der Waals surface area contributed by atoms with Crippen molar-refractivity contribution in [1.82, 2.24) is 5.32 Å². The molecule has 1 fully saturated rings. The average Bonchev–Trinajstić information content (AvgIpc) is 2.67. The summed E-state index contributed by atoms with van der Waals surface area (Å²) in [4.78, 5) is 14.6. The molecule has 2 aromatic carbocycles. The van der Waals surface area contributed by atoms with E-state index in [1.54, 1.807) is 0 Å². The summed E-state index contributed by atoms with van der Waals surface area (Å²) in [6.45, 7) is 6.60. The SMILES string of the molecule is C[C@@H]1CCCN(c2ccc([C@@H](C)NC(=O)COc3ccccc3)cc2)C1. The van der Waals surface area contributed by atoms with E-state index in [0.717, 1.165) is 24.6 Å². The van der Waals surface area contributed by atoms with E-state index in [0.29, 0.717) is 5.75 Å². The second kappa shape index (κ2) is 8.75. The van der Waals surface area contributed by atoms with Crippen LogP contribution in [0, 0.1) is 5.92 Å². The number of amides is 1. The first kappa shape index (κ1) is 18.3. The van der Waals surface area contributed by atoms with Crippen LogP contribution in [0.25, 0.3) is 0 Å². The Morgan fingerprint density at radius 2 is 1.92 bits per heavy atom. The fourth-order valence-electron chi connectivity index (χ4n) is 3.43. The van der Waals surface area contributed by atoms with Crippen LogP contribution in [0.5, 0.6) is 5.75 Å². The van der Waals surface area contributed by atoms with Crippen molar-refractivity contribution in [2.45, 2.75) is 32.7 Å². The molecule has 0 aromatic heterocycles. The molecule has 1 saturated heterocycles. The lowest BCUT2D eigenvalue weighted by Gasteiger charge is -2.33. The van der Waals surface area contributed by atoms with E-state index < -0.39 is 0 Å². The van der Waals surface area contributed by atoms with E-state index in [1.807, 2.05) is 37.3 Å². The third kappa shape index (κ3) is 5.01. The Labute approximate surface area is 156 Å². The van der Waals surface area contributed by atoms with Crippen LogP contribution in [0.1, 0.15) is 38.3 Å². The molecule has 2 atom stereocenters. The van der Waals surface area contributed by atoms with Crippen molar-refractivity contribution in [1.29, 1.82) is 0 Å². The van der Waals surface area contributed by atoms with Crippen LogP contribution >= 0.6 is 0 Å². The first-order valence-electron chi connectivity index (χ1n) is 9.44. The topological polar surface area (TPSA) is 41.6 Å². The van der Waals surface area contributed by atoms with Gasteiger partial charge in [0.15, 0.2) is 6.61 Å². The highest BCUT2D eigenvalue weighted by molar-refractivity contribution is 5.78. The summed E-state index contributed by atoms with van der Waals surface area (Å²) in [7, 11) is 0. The van der Waals surface area contributed by atoms with E-state index in [-0.39, 0.29) is 18.6 Å². The Morgan fingerprint density at radius 1 is 1.19 bits per heavy atom. The summed E-state index contributed by atoms with van der Waals surface area (Å²) in [5, 5.41) is 2.99. The Hall–Kier alpha value is -2.49. The molecule has 0 bridgehead atoms. The highest BCUT2D eigenvalue weighted by Crippen LogP contribution is 2.24. The Balaban J connectivity index is 1.51. The van der Waals surface area contributed by atoms with Crippen molar-refractivity contribution in [3.05, 3.63) is 60.2 Å². The van der Waals surface area contributed by atoms with Crippen LogP contribution < -0.4 is 15.0 Å². The van der Waals surface area contributed by atoms with Gasteiger partial charge in [0.2, 0.25) is 0 Å². The molecule has 0 saturated carbocycles. The molecule has 138 valence electrons. The Morgan fingerprint density at radius 3 is 2.62 bits per heavy atom. The number of carbonyl (C=O) groups is 1. The highest BCUT2D eigenvalue weighted by atomic mass is 16.5. The number of nitrogens with one attached hydrogen (secondary N) is 1. The van der Waals surface area contributed by atoms with Crippen molar-refractivity contribution in [3.8, 4) is 5.75 Å². The predicted molar refractivity (Wildman–Crippen MR) is 106 cm³/mol. The van der Waals surface area contributed by atoms with Gasteiger partial charge in [0.25, 0.3) is 5.91 Å². The molecule has 1 N–H and O–H groups in total. The van der Waals surface area contributed by atoms with Crippen LogP contribution in [-0.2, 0) is 4.79 Å². The van der Waals surface area contributed by atoms with Gasteiger partial charge in [-0.3, -0.25) is 4.79 Å². The first-order chi connectivity index (χ1) is 12.6. The lowest BCUT2D eigenvalue weighted by molar-refractivity contribution is -0.123.